The van der Waals surface area contributed by atoms with E-state index in [4.69, 9.17) is 18.5 Å². The average Bonchev–Trinajstić information content (AvgIpc) is 2.89. The molecular weight excluding hydrogens is 471 g/mol. The highest BCUT2D eigenvalue weighted by Crippen LogP contribution is 2.49. The third kappa shape index (κ3) is 13.2. The molecule has 0 saturated carbocycles. The Morgan fingerprint density at radius 3 is 1.94 bits per heavy atom. The third-order valence-corrected chi connectivity index (χ3v) is 8.14. The van der Waals surface area contributed by atoms with Crippen LogP contribution in [0.15, 0.2) is 42.5 Å². The van der Waals surface area contributed by atoms with Crippen LogP contribution in [0.5, 0.6) is 5.75 Å². The SMILES string of the molecule is CCCCCCCCCCCCCCOP(=O)(CCOCCOCC)Oc1cccc2ccccc12. The largest absolute Gasteiger partial charge is 0.424 e. The van der Waals surface area contributed by atoms with Crippen LogP contribution in [0.4, 0.5) is 0 Å². The summed E-state index contributed by atoms with van der Waals surface area (Å²) in [6, 6.07) is 13.8. The van der Waals surface area contributed by atoms with Gasteiger partial charge in [-0.15, -0.1) is 0 Å². The maximum Gasteiger partial charge on any atom is 0.381 e. The predicted octanol–water partition coefficient (Wildman–Crippen LogP) is 9.18. The molecule has 0 amide bonds. The van der Waals surface area contributed by atoms with E-state index >= 15 is 0 Å². The summed E-state index contributed by atoms with van der Waals surface area (Å²) in [7, 11) is -3.35. The second-order valence-electron chi connectivity index (χ2n) is 9.43. The van der Waals surface area contributed by atoms with Gasteiger partial charge in [0, 0.05) is 12.0 Å². The van der Waals surface area contributed by atoms with Crippen LogP contribution in [-0.4, -0.2) is 39.2 Å². The Morgan fingerprint density at radius 2 is 1.25 bits per heavy atom. The van der Waals surface area contributed by atoms with Crippen molar-refractivity contribution in [2.75, 3.05) is 39.2 Å². The normalized spacial score (nSPS) is 13.2. The van der Waals surface area contributed by atoms with Crippen LogP contribution in [-0.2, 0) is 18.6 Å². The van der Waals surface area contributed by atoms with Crippen molar-refractivity contribution in [3.8, 4) is 5.75 Å². The molecule has 0 aliphatic heterocycles. The quantitative estimate of drug-likeness (QED) is 0.108. The first-order chi connectivity index (χ1) is 17.7. The molecule has 1 unspecified atom stereocenters. The second-order valence-corrected chi connectivity index (χ2v) is 11.5. The Kier molecular flexibility index (Phi) is 16.9. The van der Waals surface area contributed by atoms with E-state index in [-0.39, 0.29) is 6.16 Å². The van der Waals surface area contributed by atoms with Crippen molar-refractivity contribution >= 4 is 18.4 Å². The molecule has 0 heterocycles. The summed E-state index contributed by atoms with van der Waals surface area (Å²) in [4.78, 5) is 0. The van der Waals surface area contributed by atoms with Crippen LogP contribution >= 0.6 is 7.60 Å². The number of ether oxygens (including phenoxy) is 2. The zero-order chi connectivity index (χ0) is 25.7. The number of fused-ring (bicyclic) bond motifs is 1. The molecule has 0 aliphatic rings. The Morgan fingerprint density at radius 1 is 0.639 bits per heavy atom. The van der Waals surface area contributed by atoms with E-state index in [1.165, 1.54) is 64.2 Å². The average molecular weight is 521 g/mol. The fraction of sp³-hybridized carbons (Fsp3) is 0.667. The lowest BCUT2D eigenvalue weighted by Gasteiger charge is -2.20. The lowest BCUT2D eigenvalue weighted by molar-refractivity contribution is 0.0576. The molecule has 6 heteroatoms. The first-order valence-corrected chi connectivity index (χ1v) is 16.0. The van der Waals surface area contributed by atoms with E-state index in [2.05, 4.69) is 6.92 Å². The van der Waals surface area contributed by atoms with Gasteiger partial charge in [-0.25, -0.2) is 4.57 Å². The van der Waals surface area contributed by atoms with E-state index in [9.17, 15) is 4.57 Å². The van der Waals surface area contributed by atoms with Crippen LogP contribution < -0.4 is 4.52 Å². The molecule has 0 aliphatic carbocycles. The molecule has 5 nitrogen and oxygen atoms in total. The van der Waals surface area contributed by atoms with Crippen LogP contribution in [0.1, 0.15) is 90.9 Å². The summed E-state index contributed by atoms with van der Waals surface area (Å²) in [5.74, 6) is 0.598. The van der Waals surface area contributed by atoms with E-state index < -0.39 is 7.60 Å². The molecule has 0 N–H and O–H groups in total. The van der Waals surface area contributed by atoms with Crippen molar-refractivity contribution in [1.82, 2.24) is 0 Å². The predicted molar refractivity (Wildman–Crippen MR) is 151 cm³/mol. The second kappa shape index (κ2) is 19.7. The van der Waals surface area contributed by atoms with Gasteiger partial charge >= 0.3 is 7.60 Å². The molecule has 36 heavy (non-hydrogen) atoms. The molecular formula is C30H49O5P. The van der Waals surface area contributed by atoms with Gasteiger partial charge in [0.15, 0.2) is 0 Å². The summed E-state index contributed by atoms with van der Waals surface area (Å²) in [6.45, 7) is 6.64. The highest BCUT2D eigenvalue weighted by atomic mass is 31.2. The fourth-order valence-corrected chi connectivity index (χ4v) is 5.74. The minimum Gasteiger partial charge on any atom is -0.424 e. The molecule has 0 spiro atoms. The van der Waals surface area contributed by atoms with Gasteiger partial charge in [-0.1, -0.05) is 114 Å². The first kappa shape index (κ1) is 30.8. The van der Waals surface area contributed by atoms with Crippen molar-refractivity contribution in [1.29, 1.82) is 0 Å². The number of benzene rings is 2. The van der Waals surface area contributed by atoms with Crippen LogP contribution in [0, 0.1) is 0 Å². The summed E-state index contributed by atoms with van der Waals surface area (Å²) in [5, 5.41) is 1.99. The Bertz CT molecular complexity index is 851. The molecule has 2 rings (SSSR count). The van der Waals surface area contributed by atoms with E-state index in [0.717, 1.165) is 23.6 Å². The van der Waals surface area contributed by atoms with Gasteiger partial charge in [-0.3, -0.25) is 4.52 Å². The van der Waals surface area contributed by atoms with Gasteiger partial charge in [0.05, 0.1) is 32.6 Å². The maximum absolute atomic E-state index is 13.7. The molecule has 0 radical (unpaired) electrons. The maximum atomic E-state index is 13.7. The van der Waals surface area contributed by atoms with Gasteiger partial charge < -0.3 is 14.0 Å². The molecule has 0 aromatic heterocycles. The van der Waals surface area contributed by atoms with Crippen molar-refractivity contribution in [2.45, 2.75) is 90.9 Å². The van der Waals surface area contributed by atoms with Crippen LogP contribution in [0.25, 0.3) is 10.8 Å². The van der Waals surface area contributed by atoms with E-state index in [1.54, 1.807) is 0 Å². The molecule has 0 bridgehead atoms. The van der Waals surface area contributed by atoms with Gasteiger partial charge in [0.25, 0.3) is 0 Å². The van der Waals surface area contributed by atoms with Crippen LogP contribution in [0.2, 0.25) is 0 Å². The Balaban J connectivity index is 1.73. The minimum atomic E-state index is -3.35. The van der Waals surface area contributed by atoms with E-state index in [0.29, 0.717) is 38.8 Å². The number of hydrogen-bond acceptors (Lipinski definition) is 5. The first-order valence-electron chi connectivity index (χ1n) is 14.2. The van der Waals surface area contributed by atoms with Crippen LogP contribution in [0.3, 0.4) is 0 Å². The molecule has 1 atom stereocenters. The number of unbranched alkanes of at least 4 members (excludes halogenated alkanes) is 11. The molecule has 0 saturated heterocycles. The summed E-state index contributed by atoms with van der Waals surface area (Å²) >= 11 is 0. The number of hydrogen-bond donors (Lipinski definition) is 0. The fourth-order valence-electron chi connectivity index (χ4n) is 4.25. The lowest BCUT2D eigenvalue weighted by atomic mass is 10.1. The Labute approximate surface area is 219 Å². The molecule has 2 aromatic carbocycles. The number of rotatable bonds is 23. The molecule has 0 fully saturated rings. The summed E-state index contributed by atoms with van der Waals surface area (Å²) < 4.78 is 36.6. The lowest BCUT2D eigenvalue weighted by Crippen LogP contribution is -2.11. The standard InChI is InChI=1S/C30H49O5P/c1-3-5-6-7-8-9-10-11-12-13-14-17-23-34-36(31,27-26-33-25-24-32-4-2)35-30-22-18-20-28-19-15-16-21-29(28)30/h15-16,18-22H,3-14,17,23-27H2,1-2H3. The molecule has 2 aromatic rings. The van der Waals surface area contributed by atoms with Crippen molar-refractivity contribution in [3.05, 3.63) is 42.5 Å². The monoisotopic (exact) mass is 520 g/mol. The third-order valence-electron chi connectivity index (χ3n) is 6.36. The highest BCUT2D eigenvalue weighted by Gasteiger charge is 2.27. The molecule has 204 valence electrons. The van der Waals surface area contributed by atoms with Crippen molar-refractivity contribution in [2.24, 2.45) is 0 Å². The Hall–Kier alpha value is -1.39. The van der Waals surface area contributed by atoms with Crippen molar-refractivity contribution < 1.29 is 23.1 Å². The topological polar surface area (TPSA) is 54.0 Å². The zero-order valence-corrected chi connectivity index (χ0v) is 23.7. The smallest absolute Gasteiger partial charge is 0.381 e. The summed E-state index contributed by atoms with van der Waals surface area (Å²) in [5.41, 5.74) is 0. The summed E-state index contributed by atoms with van der Waals surface area (Å²) in [6.07, 6.45) is 15.6. The minimum absolute atomic E-state index is 0.223. The highest BCUT2D eigenvalue weighted by molar-refractivity contribution is 7.54. The van der Waals surface area contributed by atoms with Crippen molar-refractivity contribution in [3.63, 3.8) is 0 Å². The van der Waals surface area contributed by atoms with Gasteiger partial charge in [-0.2, -0.15) is 0 Å². The van der Waals surface area contributed by atoms with Gasteiger partial charge in [0.2, 0.25) is 0 Å². The van der Waals surface area contributed by atoms with E-state index in [1.807, 2.05) is 49.4 Å². The zero-order valence-electron chi connectivity index (χ0n) is 22.8. The van der Waals surface area contributed by atoms with Gasteiger partial charge in [-0.05, 0) is 24.8 Å². The van der Waals surface area contributed by atoms with Gasteiger partial charge in [0.1, 0.15) is 5.75 Å².